The Balaban J connectivity index is 2.16. The van der Waals surface area contributed by atoms with Crippen molar-refractivity contribution in [2.75, 3.05) is 7.11 Å². The maximum Gasteiger partial charge on any atom is 0.228 e. The van der Waals surface area contributed by atoms with E-state index < -0.39 is 0 Å². The van der Waals surface area contributed by atoms with E-state index in [-0.39, 0.29) is 17.3 Å². The first-order chi connectivity index (χ1) is 13.0. The molecule has 0 radical (unpaired) electrons. The van der Waals surface area contributed by atoms with Gasteiger partial charge in [0.1, 0.15) is 17.1 Å². The van der Waals surface area contributed by atoms with Gasteiger partial charge in [0.2, 0.25) is 5.78 Å². The number of rotatable bonds is 7. The van der Waals surface area contributed by atoms with E-state index in [9.17, 15) is 9.90 Å². The van der Waals surface area contributed by atoms with Gasteiger partial charge in [0.15, 0.2) is 5.76 Å². The van der Waals surface area contributed by atoms with Gasteiger partial charge in [0, 0.05) is 11.1 Å². The van der Waals surface area contributed by atoms with Gasteiger partial charge in [-0.25, -0.2) is 0 Å². The molecule has 1 heterocycles. The summed E-state index contributed by atoms with van der Waals surface area (Å²) >= 11 is 0. The van der Waals surface area contributed by atoms with Crippen LogP contribution in [0.5, 0.6) is 11.5 Å². The molecule has 3 rings (SSSR count). The maximum absolute atomic E-state index is 13.0. The van der Waals surface area contributed by atoms with Crippen molar-refractivity contribution in [1.29, 1.82) is 0 Å². The van der Waals surface area contributed by atoms with E-state index in [1.165, 1.54) is 0 Å². The molecule has 2 aromatic carbocycles. The average Bonchev–Trinajstić information content (AvgIpc) is 3.03. The Bertz CT molecular complexity index is 964. The van der Waals surface area contributed by atoms with Crippen molar-refractivity contribution in [3.05, 3.63) is 58.3 Å². The number of carbonyl (C=O) groups is 1. The molecule has 0 spiro atoms. The summed E-state index contributed by atoms with van der Waals surface area (Å²) in [4.78, 5) is 13.0. The van der Waals surface area contributed by atoms with E-state index in [0.29, 0.717) is 27.8 Å². The van der Waals surface area contributed by atoms with Crippen LogP contribution in [-0.4, -0.2) is 18.0 Å². The van der Waals surface area contributed by atoms with Crippen LogP contribution in [0.25, 0.3) is 11.0 Å². The first kappa shape index (κ1) is 19.0. The third kappa shape index (κ3) is 3.44. The van der Waals surface area contributed by atoms with Gasteiger partial charge in [0.25, 0.3) is 0 Å². The third-order valence-electron chi connectivity index (χ3n) is 4.92. The first-order valence-corrected chi connectivity index (χ1v) is 9.47. The smallest absolute Gasteiger partial charge is 0.228 e. The van der Waals surface area contributed by atoms with Gasteiger partial charge in [-0.15, -0.1) is 0 Å². The van der Waals surface area contributed by atoms with Crippen LogP contribution in [0.2, 0.25) is 0 Å². The van der Waals surface area contributed by atoms with Crippen LogP contribution in [0.1, 0.15) is 59.5 Å². The summed E-state index contributed by atoms with van der Waals surface area (Å²) in [6.45, 7) is 6.04. The Morgan fingerprint density at radius 1 is 1.07 bits per heavy atom. The molecule has 4 nitrogen and oxygen atoms in total. The highest BCUT2D eigenvalue weighted by Gasteiger charge is 2.24. The molecular weight excluding hydrogens is 340 g/mol. The molecule has 0 fully saturated rings. The summed E-state index contributed by atoms with van der Waals surface area (Å²) in [6, 6.07) is 8.98. The highest BCUT2D eigenvalue weighted by atomic mass is 16.5. The molecule has 0 amide bonds. The van der Waals surface area contributed by atoms with Gasteiger partial charge in [-0.05, 0) is 61.2 Å². The minimum absolute atomic E-state index is 0.190. The average molecular weight is 366 g/mol. The predicted octanol–water partition coefficient (Wildman–Crippen LogP) is 5.59. The fraction of sp³-hybridized carbons (Fsp3) is 0.348. The Kier molecular flexibility index (Phi) is 5.54. The topological polar surface area (TPSA) is 59.7 Å². The van der Waals surface area contributed by atoms with E-state index in [1.807, 2.05) is 13.0 Å². The zero-order chi connectivity index (χ0) is 19.6. The predicted molar refractivity (Wildman–Crippen MR) is 107 cm³/mol. The molecule has 142 valence electrons. The number of aromatic hydroxyl groups is 1. The van der Waals surface area contributed by atoms with Gasteiger partial charge >= 0.3 is 0 Å². The van der Waals surface area contributed by atoms with Gasteiger partial charge in [-0.3, -0.25) is 4.79 Å². The summed E-state index contributed by atoms with van der Waals surface area (Å²) in [5, 5.41) is 11.5. The summed E-state index contributed by atoms with van der Waals surface area (Å²) in [6.07, 6.45) is 3.55. The number of methoxy groups -OCH3 is 1. The number of carbonyl (C=O) groups excluding carboxylic acids is 1. The number of benzene rings is 2. The third-order valence-corrected chi connectivity index (χ3v) is 4.92. The lowest BCUT2D eigenvalue weighted by molar-refractivity contribution is 0.101. The largest absolute Gasteiger partial charge is 0.507 e. The Morgan fingerprint density at radius 2 is 1.70 bits per heavy atom. The number of fused-ring (bicyclic) bond motifs is 1. The Morgan fingerprint density at radius 3 is 2.30 bits per heavy atom. The van der Waals surface area contributed by atoms with Crippen molar-refractivity contribution in [3.63, 3.8) is 0 Å². The van der Waals surface area contributed by atoms with Gasteiger partial charge < -0.3 is 14.3 Å². The Hall–Kier alpha value is -2.75. The van der Waals surface area contributed by atoms with Crippen LogP contribution in [0.15, 0.2) is 34.7 Å². The normalized spacial score (nSPS) is 11.1. The lowest BCUT2D eigenvalue weighted by atomic mass is 9.97. The van der Waals surface area contributed by atoms with E-state index in [4.69, 9.17) is 9.15 Å². The molecule has 0 saturated carbocycles. The van der Waals surface area contributed by atoms with Crippen LogP contribution in [0.3, 0.4) is 0 Å². The van der Waals surface area contributed by atoms with Crippen LogP contribution >= 0.6 is 0 Å². The number of ether oxygens (including phenoxy) is 1. The molecule has 0 aliphatic rings. The monoisotopic (exact) mass is 366 g/mol. The number of phenols is 1. The molecular formula is C23H26O4. The van der Waals surface area contributed by atoms with Crippen molar-refractivity contribution >= 4 is 16.8 Å². The van der Waals surface area contributed by atoms with Crippen molar-refractivity contribution in [2.24, 2.45) is 0 Å². The zero-order valence-corrected chi connectivity index (χ0v) is 16.4. The highest BCUT2D eigenvalue weighted by Crippen LogP contribution is 2.39. The maximum atomic E-state index is 13.0. The number of aryl methyl sites for hydroxylation is 3. The lowest BCUT2D eigenvalue weighted by Gasteiger charge is -2.09. The number of hydrogen-bond donors (Lipinski definition) is 1. The molecule has 0 unspecified atom stereocenters. The molecule has 27 heavy (non-hydrogen) atoms. The second-order valence-electron chi connectivity index (χ2n) is 6.86. The molecule has 0 atom stereocenters. The number of hydrogen-bond acceptors (Lipinski definition) is 4. The van der Waals surface area contributed by atoms with E-state index in [0.717, 1.165) is 36.8 Å². The van der Waals surface area contributed by atoms with Crippen molar-refractivity contribution in [1.82, 2.24) is 0 Å². The molecule has 0 aliphatic heterocycles. The minimum Gasteiger partial charge on any atom is -0.507 e. The van der Waals surface area contributed by atoms with Crippen molar-refractivity contribution in [3.8, 4) is 11.5 Å². The number of furan rings is 1. The SMILES string of the molecule is CCCc1cc(CCC)c2oc(C(=O)c3ccc(OC)cc3)c(C)c2c1O. The molecule has 0 bridgehead atoms. The summed E-state index contributed by atoms with van der Waals surface area (Å²) < 4.78 is 11.2. The van der Waals surface area contributed by atoms with E-state index >= 15 is 0 Å². The van der Waals surface area contributed by atoms with E-state index in [2.05, 4.69) is 13.8 Å². The zero-order valence-electron chi connectivity index (χ0n) is 16.4. The highest BCUT2D eigenvalue weighted by molar-refractivity contribution is 6.11. The molecule has 4 heteroatoms. The minimum atomic E-state index is -0.190. The second kappa shape index (κ2) is 7.87. The van der Waals surface area contributed by atoms with Crippen LogP contribution in [0, 0.1) is 6.92 Å². The fourth-order valence-electron chi connectivity index (χ4n) is 3.53. The number of ketones is 1. The lowest BCUT2D eigenvalue weighted by Crippen LogP contribution is -2.01. The standard InChI is InChI=1S/C23H26O4/c1-5-7-16-13-17(8-6-2)23-19(20(16)24)14(3)22(27-23)21(25)15-9-11-18(26-4)12-10-15/h9-13,24H,5-8H2,1-4H3. The molecule has 1 aromatic heterocycles. The van der Waals surface area contributed by atoms with Crippen molar-refractivity contribution in [2.45, 2.75) is 46.5 Å². The Labute approximate surface area is 159 Å². The summed E-state index contributed by atoms with van der Waals surface area (Å²) in [5.41, 5.74) is 3.82. The van der Waals surface area contributed by atoms with E-state index in [1.54, 1.807) is 31.4 Å². The summed E-state index contributed by atoms with van der Waals surface area (Å²) in [5.74, 6) is 1.03. The molecule has 0 aliphatic carbocycles. The first-order valence-electron chi connectivity index (χ1n) is 9.47. The quantitative estimate of drug-likeness (QED) is 0.554. The number of phenolic OH excluding ortho intramolecular Hbond substituents is 1. The van der Waals surface area contributed by atoms with Gasteiger partial charge in [0.05, 0.1) is 12.5 Å². The molecule has 3 aromatic rings. The van der Waals surface area contributed by atoms with Crippen molar-refractivity contribution < 1.29 is 19.1 Å². The van der Waals surface area contributed by atoms with Crippen LogP contribution in [0.4, 0.5) is 0 Å². The molecule has 1 N–H and O–H groups in total. The fourth-order valence-corrected chi connectivity index (χ4v) is 3.53. The van der Waals surface area contributed by atoms with Gasteiger partial charge in [-0.1, -0.05) is 26.7 Å². The van der Waals surface area contributed by atoms with Crippen LogP contribution in [-0.2, 0) is 12.8 Å². The molecule has 0 saturated heterocycles. The second-order valence-corrected chi connectivity index (χ2v) is 6.86. The summed E-state index contributed by atoms with van der Waals surface area (Å²) in [7, 11) is 1.59. The van der Waals surface area contributed by atoms with Gasteiger partial charge in [-0.2, -0.15) is 0 Å². The van der Waals surface area contributed by atoms with Crippen LogP contribution < -0.4 is 4.74 Å².